The number of amides is 3. The topological polar surface area (TPSA) is 75.4 Å². The predicted octanol–water partition coefficient (Wildman–Crippen LogP) is 1.22. The molecule has 110 valence electrons. The Balaban J connectivity index is 2.11. The Bertz CT molecular complexity index is 601. The number of nitrogens with two attached hydrogens (primary N) is 1. The number of imide groups is 1. The van der Waals surface area contributed by atoms with Crippen LogP contribution in [0.5, 0.6) is 0 Å². The third-order valence-corrected chi connectivity index (χ3v) is 3.29. The molecule has 1 aromatic carbocycles. The summed E-state index contributed by atoms with van der Waals surface area (Å²) in [5.41, 5.74) is 7.05. The zero-order valence-corrected chi connectivity index (χ0v) is 12.1. The number of hydrogen-bond donors (Lipinski definition) is 2. The monoisotopic (exact) mass is 285 g/mol. The minimum Gasteiger partial charge on any atom is -0.326 e. The number of carbonyl (C=O) groups is 2. The molecule has 1 aliphatic rings. The first-order valence-electron chi connectivity index (χ1n) is 7.05. The Hall–Kier alpha value is -2.32. The van der Waals surface area contributed by atoms with Crippen molar-refractivity contribution in [2.24, 2.45) is 5.73 Å². The fourth-order valence-corrected chi connectivity index (χ4v) is 2.29. The van der Waals surface area contributed by atoms with Crippen LogP contribution in [0.15, 0.2) is 24.3 Å². The molecular formula is C16H19N3O2. The summed E-state index contributed by atoms with van der Waals surface area (Å²) in [4.78, 5) is 25.3. The van der Waals surface area contributed by atoms with Crippen molar-refractivity contribution in [3.05, 3.63) is 35.4 Å². The van der Waals surface area contributed by atoms with Gasteiger partial charge in [0, 0.05) is 5.56 Å². The third-order valence-electron chi connectivity index (χ3n) is 3.29. The number of nitrogens with one attached hydrogen (secondary N) is 1. The van der Waals surface area contributed by atoms with E-state index in [0.29, 0.717) is 13.0 Å². The summed E-state index contributed by atoms with van der Waals surface area (Å²) in [7, 11) is 0. The van der Waals surface area contributed by atoms with Gasteiger partial charge < -0.3 is 11.1 Å². The van der Waals surface area contributed by atoms with Crippen LogP contribution >= 0.6 is 0 Å². The van der Waals surface area contributed by atoms with E-state index in [0.717, 1.165) is 17.5 Å². The summed E-state index contributed by atoms with van der Waals surface area (Å²) in [6.45, 7) is 2.56. The molecule has 21 heavy (non-hydrogen) atoms. The molecule has 1 aromatic rings. The summed E-state index contributed by atoms with van der Waals surface area (Å²) in [6.07, 6.45) is 1.53. The molecule has 3 N–H and O–H groups in total. The van der Waals surface area contributed by atoms with Crippen molar-refractivity contribution in [2.75, 3.05) is 6.54 Å². The maximum absolute atomic E-state index is 12.2. The fraction of sp³-hybridized carbons (Fsp3) is 0.375. The van der Waals surface area contributed by atoms with Crippen molar-refractivity contribution in [1.82, 2.24) is 10.2 Å². The SMILES string of the molecule is CCCC1NC(=O)N(Cc2cccc(C#CCN)c2)C1=O. The highest BCUT2D eigenvalue weighted by Crippen LogP contribution is 2.15. The van der Waals surface area contributed by atoms with Gasteiger partial charge in [-0.2, -0.15) is 0 Å². The number of nitrogens with zero attached hydrogens (tertiary/aromatic N) is 1. The molecule has 1 aliphatic heterocycles. The minimum absolute atomic E-state index is 0.153. The molecule has 0 radical (unpaired) electrons. The molecule has 0 aliphatic carbocycles. The number of urea groups is 1. The highest BCUT2D eigenvalue weighted by atomic mass is 16.2. The van der Waals surface area contributed by atoms with Crippen LogP contribution in [0.3, 0.4) is 0 Å². The first-order chi connectivity index (χ1) is 10.2. The number of benzene rings is 1. The van der Waals surface area contributed by atoms with Gasteiger partial charge in [-0.1, -0.05) is 37.3 Å². The maximum Gasteiger partial charge on any atom is 0.325 e. The van der Waals surface area contributed by atoms with Crippen LogP contribution in [0.25, 0.3) is 0 Å². The van der Waals surface area contributed by atoms with Gasteiger partial charge in [0.15, 0.2) is 0 Å². The lowest BCUT2D eigenvalue weighted by Crippen LogP contribution is -2.30. The van der Waals surface area contributed by atoms with Crippen molar-refractivity contribution < 1.29 is 9.59 Å². The standard InChI is InChI=1S/C16H19N3O2/c1-2-5-14-15(20)19(16(21)18-14)11-13-7-3-6-12(10-13)8-4-9-17/h3,6-7,10,14H,2,5,9,11,17H2,1H3,(H,18,21). The van der Waals surface area contributed by atoms with E-state index >= 15 is 0 Å². The lowest BCUT2D eigenvalue weighted by atomic mass is 10.1. The van der Waals surface area contributed by atoms with E-state index in [1.54, 1.807) is 0 Å². The van der Waals surface area contributed by atoms with Crippen LogP contribution in [-0.2, 0) is 11.3 Å². The van der Waals surface area contributed by atoms with Gasteiger partial charge in [0.1, 0.15) is 6.04 Å². The fourth-order valence-electron chi connectivity index (χ4n) is 2.29. The normalized spacial score (nSPS) is 17.4. The summed E-state index contributed by atoms with van der Waals surface area (Å²) >= 11 is 0. The minimum atomic E-state index is -0.386. The number of carbonyl (C=O) groups excluding carboxylic acids is 2. The largest absolute Gasteiger partial charge is 0.326 e. The quantitative estimate of drug-likeness (QED) is 0.645. The zero-order chi connectivity index (χ0) is 15.2. The van der Waals surface area contributed by atoms with E-state index in [1.807, 2.05) is 31.2 Å². The van der Waals surface area contributed by atoms with E-state index in [9.17, 15) is 9.59 Å². The van der Waals surface area contributed by atoms with E-state index in [2.05, 4.69) is 17.2 Å². The molecule has 0 spiro atoms. The second-order valence-corrected chi connectivity index (χ2v) is 4.92. The number of hydrogen-bond acceptors (Lipinski definition) is 3. The lowest BCUT2D eigenvalue weighted by Gasteiger charge is -2.13. The van der Waals surface area contributed by atoms with E-state index in [-0.39, 0.29) is 24.5 Å². The van der Waals surface area contributed by atoms with Crippen molar-refractivity contribution in [3.63, 3.8) is 0 Å². The van der Waals surface area contributed by atoms with Gasteiger partial charge in [0.2, 0.25) is 0 Å². The highest BCUT2D eigenvalue weighted by molar-refractivity contribution is 6.04. The molecule has 1 fully saturated rings. The Kier molecular flexibility index (Phi) is 4.96. The van der Waals surface area contributed by atoms with Crippen LogP contribution < -0.4 is 11.1 Å². The molecule has 3 amide bonds. The molecule has 2 rings (SSSR count). The van der Waals surface area contributed by atoms with Gasteiger partial charge in [-0.15, -0.1) is 0 Å². The van der Waals surface area contributed by atoms with Gasteiger partial charge in [0.25, 0.3) is 5.91 Å². The molecule has 0 bridgehead atoms. The second-order valence-electron chi connectivity index (χ2n) is 4.92. The smallest absolute Gasteiger partial charge is 0.325 e. The van der Waals surface area contributed by atoms with Gasteiger partial charge in [0.05, 0.1) is 13.1 Å². The van der Waals surface area contributed by atoms with Crippen molar-refractivity contribution >= 4 is 11.9 Å². The Labute approximate surface area is 124 Å². The van der Waals surface area contributed by atoms with Crippen molar-refractivity contribution in [3.8, 4) is 11.8 Å². The highest BCUT2D eigenvalue weighted by Gasteiger charge is 2.36. The Morgan fingerprint density at radius 1 is 1.38 bits per heavy atom. The second kappa shape index (κ2) is 6.91. The molecule has 0 aromatic heterocycles. The average molecular weight is 285 g/mol. The molecular weight excluding hydrogens is 266 g/mol. The van der Waals surface area contributed by atoms with Crippen LogP contribution in [-0.4, -0.2) is 29.4 Å². The summed E-state index contributed by atoms with van der Waals surface area (Å²) < 4.78 is 0. The first-order valence-corrected chi connectivity index (χ1v) is 7.05. The Morgan fingerprint density at radius 2 is 2.19 bits per heavy atom. The predicted molar refractivity (Wildman–Crippen MR) is 80.2 cm³/mol. The summed E-state index contributed by atoms with van der Waals surface area (Å²) in [6, 6.07) is 6.77. The van der Waals surface area contributed by atoms with Gasteiger partial charge in [-0.3, -0.25) is 9.69 Å². The summed E-state index contributed by atoms with van der Waals surface area (Å²) in [5, 5.41) is 2.72. The zero-order valence-electron chi connectivity index (χ0n) is 12.1. The van der Waals surface area contributed by atoms with Crippen LogP contribution in [0.2, 0.25) is 0 Å². The number of rotatable bonds is 4. The maximum atomic E-state index is 12.2. The average Bonchev–Trinajstić information content (AvgIpc) is 2.74. The van der Waals surface area contributed by atoms with Crippen molar-refractivity contribution in [2.45, 2.75) is 32.4 Å². The van der Waals surface area contributed by atoms with Crippen LogP contribution in [0.1, 0.15) is 30.9 Å². The molecule has 1 atom stereocenters. The van der Waals surface area contributed by atoms with Gasteiger partial charge in [-0.05, 0) is 24.1 Å². The molecule has 1 unspecified atom stereocenters. The molecule has 1 heterocycles. The van der Waals surface area contributed by atoms with Crippen molar-refractivity contribution in [1.29, 1.82) is 0 Å². The van der Waals surface area contributed by atoms with Crippen LogP contribution in [0, 0.1) is 11.8 Å². The van der Waals surface area contributed by atoms with E-state index in [4.69, 9.17) is 5.73 Å². The van der Waals surface area contributed by atoms with Gasteiger partial charge in [-0.25, -0.2) is 4.79 Å². The first kappa shape index (κ1) is 15.1. The molecule has 1 saturated heterocycles. The van der Waals surface area contributed by atoms with Gasteiger partial charge >= 0.3 is 6.03 Å². The van der Waals surface area contributed by atoms with Crippen LogP contribution in [0.4, 0.5) is 4.79 Å². The Morgan fingerprint density at radius 3 is 2.90 bits per heavy atom. The van der Waals surface area contributed by atoms with E-state index in [1.165, 1.54) is 4.90 Å². The molecule has 5 heteroatoms. The van der Waals surface area contributed by atoms with E-state index < -0.39 is 0 Å². The summed E-state index contributed by atoms with van der Waals surface area (Å²) in [5.74, 6) is 5.57. The molecule has 0 saturated carbocycles. The molecule has 5 nitrogen and oxygen atoms in total. The lowest BCUT2D eigenvalue weighted by molar-refractivity contribution is -0.128. The third kappa shape index (κ3) is 3.61.